The maximum absolute atomic E-state index is 12.3. The minimum absolute atomic E-state index is 0.175. The number of hydrogen-bond acceptors (Lipinski definition) is 6. The fraction of sp³-hybridized carbons (Fsp3) is 0.118. The summed E-state index contributed by atoms with van der Waals surface area (Å²) in [5.41, 5.74) is 2.65. The van der Waals surface area contributed by atoms with E-state index in [1.165, 1.54) is 0 Å². The van der Waals surface area contributed by atoms with Crippen molar-refractivity contribution < 1.29 is 18.7 Å². The standard InChI is InChI=1S/C17H13N3O4/c21-17(11-1-2-14-15(7-11)24-10-23-14)20-8-13-16(19-5-4-18-13)12-3-6-22-9-12/h1-7,9H,8,10H2,(H,20,21). The summed E-state index contributed by atoms with van der Waals surface area (Å²) in [4.78, 5) is 20.9. The van der Waals surface area contributed by atoms with Crippen molar-refractivity contribution in [1.82, 2.24) is 15.3 Å². The van der Waals surface area contributed by atoms with Gasteiger partial charge in [0.2, 0.25) is 6.79 Å². The lowest BCUT2D eigenvalue weighted by atomic mass is 10.1. The highest BCUT2D eigenvalue weighted by atomic mass is 16.7. The van der Waals surface area contributed by atoms with Crippen LogP contribution >= 0.6 is 0 Å². The predicted molar refractivity (Wildman–Crippen MR) is 83.5 cm³/mol. The summed E-state index contributed by atoms with van der Waals surface area (Å²) in [5.74, 6) is 0.987. The van der Waals surface area contributed by atoms with E-state index in [2.05, 4.69) is 15.3 Å². The van der Waals surface area contributed by atoms with Gasteiger partial charge in [-0.3, -0.25) is 14.8 Å². The Labute approximate surface area is 137 Å². The van der Waals surface area contributed by atoms with Crippen LogP contribution in [-0.2, 0) is 6.54 Å². The Balaban J connectivity index is 1.50. The van der Waals surface area contributed by atoms with E-state index in [0.717, 1.165) is 5.56 Å². The molecule has 0 unspecified atom stereocenters. The number of hydrogen-bond donors (Lipinski definition) is 1. The van der Waals surface area contributed by atoms with Gasteiger partial charge in [0.25, 0.3) is 5.91 Å². The zero-order valence-corrected chi connectivity index (χ0v) is 12.6. The fourth-order valence-corrected chi connectivity index (χ4v) is 2.44. The molecule has 120 valence electrons. The molecule has 1 aliphatic rings. The van der Waals surface area contributed by atoms with Crippen molar-refractivity contribution in [2.75, 3.05) is 6.79 Å². The van der Waals surface area contributed by atoms with E-state index >= 15 is 0 Å². The topological polar surface area (TPSA) is 86.5 Å². The van der Waals surface area contributed by atoms with E-state index in [0.29, 0.717) is 28.5 Å². The van der Waals surface area contributed by atoms with Gasteiger partial charge in [-0.25, -0.2) is 0 Å². The van der Waals surface area contributed by atoms with Crippen LogP contribution in [0.4, 0.5) is 0 Å². The summed E-state index contributed by atoms with van der Waals surface area (Å²) < 4.78 is 15.6. The number of amides is 1. The van der Waals surface area contributed by atoms with Crippen LogP contribution in [0.15, 0.2) is 53.6 Å². The van der Waals surface area contributed by atoms with E-state index in [-0.39, 0.29) is 19.2 Å². The average Bonchev–Trinajstić information content (AvgIpc) is 3.30. The largest absolute Gasteiger partial charge is 0.472 e. The number of furan rings is 1. The van der Waals surface area contributed by atoms with Crippen LogP contribution in [0.25, 0.3) is 11.3 Å². The first-order chi connectivity index (χ1) is 11.8. The van der Waals surface area contributed by atoms with E-state index in [1.54, 1.807) is 49.2 Å². The number of fused-ring (bicyclic) bond motifs is 1. The van der Waals surface area contributed by atoms with Crippen LogP contribution in [0, 0.1) is 0 Å². The molecule has 3 aromatic rings. The third-order valence-electron chi connectivity index (χ3n) is 3.62. The zero-order chi connectivity index (χ0) is 16.4. The first-order valence-electron chi connectivity index (χ1n) is 7.31. The zero-order valence-electron chi connectivity index (χ0n) is 12.6. The molecule has 0 bridgehead atoms. The van der Waals surface area contributed by atoms with Crippen LogP contribution in [0.2, 0.25) is 0 Å². The minimum atomic E-state index is -0.225. The van der Waals surface area contributed by atoms with Crippen molar-refractivity contribution in [2.24, 2.45) is 0 Å². The summed E-state index contributed by atoms with van der Waals surface area (Å²) in [6, 6.07) is 6.87. The molecule has 7 nitrogen and oxygen atoms in total. The highest BCUT2D eigenvalue weighted by Crippen LogP contribution is 2.32. The molecule has 1 aromatic carbocycles. The lowest BCUT2D eigenvalue weighted by Gasteiger charge is -2.08. The number of ether oxygens (including phenoxy) is 2. The van der Waals surface area contributed by atoms with Gasteiger partial charge in [-0.2, -0.15) is 0 Å². The van der Waals surface area contributed by atoms with Gasteiger partial charge in [0, 0.05) is 23.5 Å². The SMILES string of the molecule is O=C(NCc1nccnc1-c1ccoc1)c1ccc2c(c1)OCO2. The molecular formula is C17H13N3O4. The van der Waals surface area contributed by atoms with Gasteiger partial charge < -0.3 is 19.2 Å². The Morgan fingerprint density at radius 3 is 2.88 bits per heavy atom. The number of rotatable bonds is 4. The van der Waals surface area contributed by atoms with Gasteiger partial charge >= 0.3 is 0 Å². The Morgan fingerprint density at radius 1 is 1.12 bits per heavy atom. The summed E-state index contributed by atoms with van der Waals surface area (Å²) in [6.07, 6.45) is 6.35. The fourth-order valence-electron chi connectivity index (χ4n) is 2.44. The van der Waals surface area contributed by atoms with Gasteiger partial charge in [0.05, 0.1) is 30.5 Å². The average molecular weight is 323 g/mol. The molecule has 1 aliphatic heterocycles. The molecular weight excluding hydrogens is 310 g/mol. The van der Waals surface area contributed by atoms with Crippen LogP contribution in [0.5, 0.6) is 11.5 Å². The number of nitrogens with zero attached hydrogens (tertiary/aromatic N) is 2. The van der Waals surface area contributed by atoms with E-state index in [1.807, 2.05) is 0 Å². The van der Waals surface area contributed by atoms with Gasteiger partial charge in [-0.05, 0) is 24.3 Å². The highest BCUT2D eigenvalue weighted by molar-refractivity contribution is 5.94. The van der Waals surface area contributed by atoms with Crippen molar-refractivity contribution in [2.45, 2.75) is 6.54 Å². The molecule has 1 N–H and O–H groups in total. The molecule has 24 heavy (non-hydrogen) atoms. The molecule has 0 spiro atoms. The van der Waals surface area contributed by atoms with Crippen molar-refractivity contribution in [3.63, 3.8) is 0 Å². The van der Waals surface area contributed by atoms with Gasteiger partial charge in [0.1, 0.15) is 0 Å². The van der Waals surface area contributed by atoms with E-state index in [9.17, 15) is 4.79 Å². The number of aromatic nitrogens is 2. The first-order valence-corrected chi connectivity index (χ1v) is 7.31. The molecule has 0 radical (unpaired) electrons. The van der Waals surface area contributed by atoms with Gasteiger partial charge in [-0.15, -0.1) is 0 Å². The molecule has 4 rings (SSSR count). The predicted octanol–water partition coefficient (Wildman–Crippen LogP) is 2.40. The third-order valence-corrected chi connectivity index (χ3v) is 3.62. The number of nitrogens with one attached hydrogen (secondary N) is 1. The molecule has 0 atom stereocenters. The monoisotopic (exact) mass is 323 g/mol. The molecule has 1 amide bonds. The maximum Gasteiger partial charge on any atom is 0.251 e. The summed E-state index contributed by atoms with van der Waals surface area (Å²) in [6.45, 7) is 0.426. The summed E-state index contributed by atoms with van der Waals surface area (Å²) in [5, 5.41) is 2.84. The highest BCUT2D eigenvalue weighted by Gasteiger charge is 2.17. The molecule has 0 saturated heterocycles. The normalized spacial score (nSPS) is 12.2. The molecule has 2 aromatic heterocycles. The number of benzene rings is 1. The maximum atomic E-state index is 12.3. The lowest BCUT2D eigenvalue weighted by molar-refractivity contribution is 0.0950. The van der Waals surface area contributed by atoms with Crippen LogP contribution in [0.3, 0.4) is 0 Å². The minimum Gasteiger partial charge on any atom is -0.472 e. The third kappa shape index (κ3) is 2.67. The Morgan fingerprint density at radius 2 is 2.00 bits per heavy atom. The summed E-state index contributed by atoms with van der Waals surface area (Å²) >= 11 is 0. The second-order valence-corrected chi connectivity index (χ2v) is 5.11. The van der Waals surface area contributed by atoms with E-state index < -0.39 is 0 Å². The molecule has 7 heteroatoms. The molecule has 0 aliphatic carbocycles. The van der Waals surface area contributed by atoms with E-state index in [4.69, 9.17) is 13.9 Å². The van der Waals surface area contributed by atoms with Crippen molar-refractivity contribution in [3.05, 3.63) is 60.4 Å². The second-order valence-electron chi connectivity index (χ2n) is 5.11. The number of carbonyl (C=O) groups is 1. The molecule has 3 heterocycles. The van der Waals surface area contributed by atoms with Gasteiger partial charge in [0.15, 0.2) is 11.5 Å². The number of carbonyl (C=O) groups excluding carboxylic acids is 1. The van der Waals surface area contributed by atoms with Crippen molar-refractivity contribution in [1.29, 1.82) is 0 Å². The second kappa shape index (κ2) is 6.04. The van der Waals surface area contributed by atoms with Crippen molar-refractivity contribution >= 4 is 5.91 Å². The van der Waals surface area contributed by atoms with Crippen LogP contribution < -0.4 is 14.8 Å². The Kier molecular flexibility index (Phi) is 3.59. The smallest absolute Gasteiger partial charge is 0.251 e. The molecule has 0 fully saturated rings. The van der Waals surface area contributed by atoms with Crippen LogP contribution in [0.1, 0.15) is 16.1 Å². The first kappa shape index (κ1) is 14.3. The van der Waals surface area contributed by atoms with Crippen molar-refractivity contribution in [3.8, 4) is 22.8 Å². The molecule has 0 saturated carbocycles. The lowest BCUT2D eigenvalue weighted by Crippen LogP contribution is -2.23. The van der Waals surface area contributed by atoms with Gasteiger partial charge in [-0.1, -0.05) is 0 Å². The summed E-state index contributed by atoms with van der Waals surface area (Å²) in [7, 11) is 0. The van der Waals surface area contributed by atoms with Crippen LogP contribution in [-0.4, -0.2) is 22.7 Å². The Bertz CT molecular complexity index is 877. The quantitative estimate of drug-likeness (QED) is 0.793. The Hall–Kier alpha value is -3.35.